The van der Waals surface area contributed by atoms with Gasteiger partial charge in [-0.25, -0.2) is 9.97 Å². The van der Waals surface area contributed by atoms with E-state index in [4.69, 9.17) is 0 Å². The fraction of sp³-hybridized carbons (Fsp3) is 0.0556. The zero-order valence-corrected chi connectivity index (χ0v) is 13.7. The van der Waals surface area contributed by atoms with Gasteiger partial charge in [0, 0.05) is 30.0 Å². The number of benzene rings is 1. The van der Waals surface area contributed by atoms with Gasteiger partial charge in [0.1, 0.15) is 11.8 Å². The first kappa shape index (κ1) is 14.5. The summed E-state index contributed by atoms with van der Waals surface area (Å²) in [7, 11) is 0. The highest BCUT2D eigenvalue weighted by Crippen LogP contribution is 2.20. The van der Waals surface area contributed by atoms with Crippen LogP contribution in [0.15, 0.2) is 61.4 Å². The lowest BCUT2D eigenvalue weighted by atomic mass is 10.2. The number of fused-ring (bicyclic) bond motifs is 2. The third kappa shape index (κ3) is 2.53. The molecule has 8 nitrogen and oxygen atoms in total. The maximum Gasteiger partial charge on any atom is 0.225 e. The largest absolute Gasteiger partial charge is 0.350 e. The Morgan fingerprint density at radius 2 is 1.96 bits per heavy atom. The minimum Gasteiger partial charge on any atom is -0.350 e. The van der Waals surface area contributed by atoms with Gasteiger partial charge < -0.3 is 5.32 Å². The predicted octanol–water partition coefficient (Wildman–Crippen LogP) is 2.70. The first-order chi connectivity index (χ1) is 12.9. The standard InChI is InChI=1S/C18H14N8/c1-2-15-13(9-23-25-15)7-14(1)26-11-22-16-10-21-18(24-17(16)26)20-8-12-3-5-19-6-4-12/h1-7,9-11H,8H2,(H,23,25)(H,20,21,24). The normalized spacial score (nSPS) is 11.2. The van der Waals surface area contributed by atoms with E-state index in [1.165, 1.54) is 0 Å². The van der Waals surface area contributed by atoms with Gasteiger partial charge in [-0.15, -0.1) is 0 Å². The molecule has 26 heavy (non-hydrogen) atoms. The molecule has 0 spiro atoms. The van der Waals surface area contributed by atoms with E-state index in [0.717, 1.165) is 33.3 Å². The van der Waals surface area contributed by atoms with Gasteiger partial charge in [-0.05, 0) is 35.9 Å². The van der Waals surface area contributed by atoms with Crippen LogP contribution in [0.5, 0.6) is 0 Å². The molecule has 0 aliphatic rings. The van der Waals surface area contributed by atoms with Gasteiger partial charge >= 0.3 is 0 Å². The molecule has 0 amide bonds. The highest BCUT2D eigenvalue weighted by Gasteiger charge is 2.09. The molecule has 8 heteroatoms. The van der Waals surface area contributed by atoms with Crippen LogP contribution >= 0.6 is 0 Å². The maximum atomic E-state index is 4.63. The number of aromatic amines is 1. The Bertz CT molecular complexity index is 1190. The molecule has 4 aromatic heterocycles. The summed E-state index contributed by atoms with van der Waals surface area (Å²) in [5.41, 5.74) is 4.57. The smallest absolute Gasteiger partial charge is 0.225 e. The predicted molar refractivity (Wildman–Crippen MR) is 97.9 cm³/mol. The minimum absolute atomic E-state index is 0.556. The fourth-order valence-electron chi connectivity index (χ4n) is 2.85. The van der Waals surface area contributed by atoms with Gasteiger partial charge in [-0.1, -0.05) is 0 Å². The summed E-state index contributed by atoms with van der Waals surface area (Å²) in [6, 6.07) is 9.96. The van der Waals surface area contributed by atoms with Gasteiger partial charge in [0.15, 0.2) is 5.65 Å². The van der Waals surface area contributed by atoms with E-state index in [0.29, 0.717) is 12.5 Å². The first-order valence-corrected chi connectivity index (χ1v) is 8.13. The molecule has 5 rings (SSSR count). The van der Waals surface area contributed by atoms with Crippen LogP contribution in [0.4, 0.5) is 5.95 Å². The number of imidazole rings is 1. The summed E-state index contributed by atoms with van der Waals surface area (Å²) >= 11 is 0. The Labute approximate surface area is 148 Å². The van der Waals surface area contributed by atoms with E-state index in [9.17, 15) is 0 Å². The van der Waals surface area contributed by atoms with Crippen molar-refractivity contribution >= 4 is 28.0 Å². The molecule has 0 fully saturated rings. The first-order valence-electron chi connectivity index (χ1n) is 8.13. The Hall–Kier alpha value is -3.81. The molecule has 0 bridgehead atoms. The summed E-state index contributed by atoms with van der Waals surface area (Å²) < 4.78 is 1.95. The van der Waals surface area contributed by atoms with E-state index in [1.54, 1.807) is 31.1 Å². The second-order valence-corrected chi connectivity index (χ2v) is 5.87. The van der Waals surface area contributed by atoms with Crippen LogP contribution in [0.3, 0.4) is 0 Å². The fourth-order valence-corrected chi connectivity index (χ4v) is 2.85. The Balaban J connectivity index is 1.50. The number of H-pyrrole nitrogens is 1. The third-order valence-corrected chi connectivity index (χ3v) is 4.19. The third-order valence-electron chi connectivity index (χ3n) is 4.19. The Morgan fingerprint density at radius 3 is 2.88 bits per heavy atom. The van der Waals surface area contributed by atoms with Crippen LogP contribution in [0.25, 0.3) is 27.8 Å². The molecular weight excluding hydrogens is 328 g/mol. The van der Waals surface area contributed by atoms with Crippen molar-refractivity contribution < 1.29 is 0 Å². The number of anilines is 1. The molecule has 5 aromatic rings. The number of rotatable bonds is 4. The molecule has 0 atom stereocenters. The van der Waals surface area contributed by atoms with Crippen LogP contribution in [0.2, 0.25) is 0 Å². The van der Waals surface area contributed by atoms with Gasteiger partial charge in [-0.2, -0.15) is 10.1 Å². The lowest BCUT2D eigenvalue weighted by Crippen LogP contribution is -2.04. The molecule has 2 N–H and O–H groups in total. The Kier molecular flexibility index (Phi) is 3.31. The number of nitrogens with zero attached hydrogens (tertiary/aromatic N) is 6. The molecule has 0 saturated heterocycles. The number of pyridine rings is 1. The highest BCUT2D eigenvalue weighted by molar-refractivity contribution is 5.81. The number of aromatic nitrogens is 7. The van der Waals surface area contributed by atoms with Gasteiger partial charge in [0.2, 0.25) is 5.95 Å². The lowest BCUT2D eigenvalue weighted by molar-refractivity contribution is 1.03. The van der Waals surface area contributed by atoms with Crippen molar-refractivity contribution in [1.82, 2.24) is 34.7 Å². The summed E-state index contributed by atoms with van der Waals surface area (Å²) in [5, 5.41) is 11.3. The molecule has 0 aliphatic heterocycles. The number of hydrogen-bond donors (Lipinski definition) is 2. The molecule has 0 radical (unpaired) electrons. The highest BCUT2D eigenvalue weighted by atomic mass is 15.2. The monoisotopic (exact) mass is 342 g/mol. The molecule has 0 aliphatic carbocycles. The quantitative estimate of drug-likeness (QED) is 0.521. The van der Waals surface area contributed by atoms with Crippen LogP contribution < -0.4 is 5.32 Å². The summed E-state index contributed by atoms with van der Waals surface area (Å²) in [6.45, 7) is 0.628. The van der Waals surface area contributed by atoms with Crippen LogP contribution in [0, 0.1) is 0 Å². The van der Waals surface area contributed by atoms with Gasteiger partial charge in [-0.3, -0.25) is 14.6 Å². The SMILES string of the molecule is c1cc(CNc2ncc3ncn(-c4ccc5[nH]ncc5c4)c3n2)ccn1. The zero-order valence-electron chi connectivity index (χ0n) is 13.7. The minimum atomic E-state index is 0.556. The van der Waals surface area contributed by atoms with Crippen molar-refractivity contribution in [1.29, 1.82) is 0 Å². The van der Waals surface area contributed by atoms with Gasteiger partial charge in [0.05, 0.1) is 17.9 Å². The Morgan fingerprint density at radius 1 is 1.04 bits per heavy atom. The molecule has 0 saturated carbocycles. The summed E-state index contributed by atoms with van der Waals surface area (Å²) in [4.78, 5) is 17.4. The molecule has 1 aromatic carbocycles. The van der Waals surface area contributed by atoms with Crippen molar-refractivity contribution in [3.63, 3.8) is 0 Å². The van der Waals surface area contributed by atoms with Crippen molar-refractivity contribution in [3.8, 4) is 5.69 Å². The van der Waals surface area contributed by atoms with E-state index < -0.39 is 0 Å². The van der Waals surface area contributed by atoms with Crippen LogP contribution in [-0.2, 0) is 6.54 Å². The molecule has 0 unspecified atom stereocenters. The topological polar surface area (TPSA) is 97.2 Å². The average Bonchev–Trinajstić information content (AvgIpc) is 3.33. The number of hydrogen-bond acceptors (Lipinski definition) is 6. The van der Waals surface area contributed by atoms with Gasteiger partial charge in [0.25, 0.3) is 0 Å². The molecule has 4 heterocycles. The van der Waals surface area contributed by atoms with Crippen LogP contribution in [-0.4, -0.2) is 34.7 Å². The molecule has 126 valence electrons. The average molecular weight is 342 g/mol. The lowest BCUT2D eigenvalue weighted by Gasteiger charge is -2.07. The second kappa shape index (κ2) is 5.92. The second-order valence-electron chi connectivity index (χ2n) is 5.87. The summed E-state index contributed by atoms with van der Waals surface area (Å²) in [5.74, 6) is 0.556. The van der Waals surface area contributed by atoms with E-state index in [-0.39, 0.29) is 0 Å². The number of nitrogens with one attached hydrogen (secondary N) is 2. The van der Waals surface area contributed by atoms with Crippen LogP contribution in [0.1, 0.15) is 5.56 Å². The van der Waals surface area contributed by atoms with Crippen molar-refractivity contribution in [2.75, 3.05) is 5.32 Å². The van der Waals surface area contributed by atoms with Crippen molar-refractivity contribution in [2.45, 2.75) is 6.54 Å². The summed E-state index contributed by atoms with van der Waals surface area (Å²) in [6.07, 6.45) is 8.82. The van der Waals surface area contributed by atoms with E-state index >= 15 is 0 Å². The van der Waals surface area contributed by atoms with E-state index in [1.807, 2.05) is 34.9 Å². The van der Waals surface area contributed by atoms with Crippen molar-refractivity contribution in [2.24, 2.45) is 0 Å². The van der Waals surface area contributed by atoms with E-state index in [2.05, 4.69) is 35.5 Å². The molecular formula is C18H14N8. The maximum absolute atomic E-state index is 4.63. The van der Waals surface area contributed by atoms with Crippen molar-refractivity contribution in [3.05, 3.63) is 67.0 Å². The zero-order chi connectivity index (χ0) is 17.3.